The molecule has 3 N–H and O–H groups in total. The van der Waals surface area contributed by atoms with E-state index >= 15 is 0 Å². The molecule has 0 radical (unpaired) electrons. The summed E-state index contributed by atoms with van der Waals surface area (Å²) in [6, 6.07) is 21.4. The first-order valence-corrected chi connectivity index (χ1v) is 12.2. The highest BCUT2D eigenvalue weighted by molar-refractivity contribution is 5.94. The third kappa shape index (κ3) is 5.20. The van der Waals surface area contributed by atoms with Crippen molar-refractivity contribution in [3.05, 3.63) is 95.2 Å². The molecule has 3 atom stereocenters. The van der Waals surface area contributed by atoms with Crippen molar-refractivity contribution < 1.29 is 14.7 Å². The summed E-state index contributed by atoms with van der Waals surface area (Å²) in [5.41, 5.74) is 3.01. The van der Waals surface area contributed by atoms with Gasteiger partial charge in [-0.05, 0) is 61.1 Å². The Labute approximate surface area is 205 Å². The molecule has 1 aromatic heterocycles. The summed E-state index contributed by atoms with van der Waals surface area (Å²) in [5.74, 6) is 0.683. The van der Waals surface area contributed by atoms with Crippen LogP contribution in [0, 0.1) is 0 Å². The maximum absolute atomic E-state index is 12.7. The van der Waals surface area contributed by atoms with E-state index in [2.05, 4.69) is 20.5 Å². The molecular formula is C28H30N4O3. The van der Waals surface area contributed by atoms with Gasteiger partial charge < -0.3 is 20.6 Å². The first-order valence-electron chi connectivity index (χ1n) is 12.2. The van der Waals surface area contributed by atoms with Crippen LogP contribution in [0.5, 0.6) is 0 Å². The van der Waals surface area contributed by atoms with Crippen molar-refractivity contribution in [2.75, 3.05) is 4.90 Å². The summed E-state index contributed by atoms with van der Waals surface area (Å²) in [6.45, 7) is 0.452. The van der Waals surface area contributed by atoms with E-state index in [9.17, 15) is 14.7 Å². The maximum atomic E-state index is 12.7. The molecule has 2 aliphatic heterocycles. The van der Waals surface area contributed by atoms with Crippen LogP contribution < -0.4 is 15.5 Å². The molecular weight excluding hydrogens is 440 g/mol. The van der Waals surface area contributed by atoms with E-state index in [1.54, 1.807) is 30.5 Å². The standard InChI is InChI=1S/C28H30N4O3/c33-18-20-6-8-21(9-7-20)28(35)31-23-14-24-11-12-25(15-23)32(24)26-13-10-22(17-29-26)27(34)30-16-19-4-2-1-3-5-19/h1-10,13,17,23-25,33H,11-12,14-16,18H2,(H,30,34)(H,31,35)/t23-,24+,25-. The number of anilines is 1. The number of carbonyl (C=O) groups is 2. The van der Waals surface area contributed by atoms with Crippen molar-refractivity contribution in [3.63, 3.8) is 0 Å². The summed E-state index contributed by atoms with van der Waals surface area (Å²) in [7, 11) is 0. The summed E-state index contributed by atoms with van der Waals surface area (Å²) in [6.07, 6.45) is 5.54. The van der Waals surface area contributed by atoms with Crippen molar-refractivity contribution in [3.8, 4) is 0 Å². The number of fused-ring (bicyclic) bond motifs is 2. The second-order valence-corrected chi connectivity index (χ2v) is 9.36. The topological polar surface area (TPSA) is 94.6 Å². The summed E-state index contributed by atoms with van der Waals surface area (Å²) in [5, 5.41) is 15.3. The number of piperidine rings is 1. The van der Waals surface area contributed by atoms with Gasteiger partial charge in [-0.25, -0.2) is 4.98 Å². The predicted octanol–water partition coefficient (Wildman–Crippen LogP) is 3.43. The monoisotopic (exact) mass is 470 g/mol. The zero-order valence-corrected chi connectivity index (χ0v) is 19.6. The number of hydrogen-bond acceptors (Lipinski definition) is 5. The van der Waals surface area contributed by atoms with Gasteiger partial charge in [0, 0.05) is 36.4 Å². The first kappa shape index (κ1) is 23.1. The van der Waals surface area contributed by atoms with E-state index in [-0.39, 0.29) is 24.5 Å². The van der Waals surface area contributed by atoms with Crippen LogP contribution in [-0.4, -0.2) is 40.0 Å². The van der Waals surface area contributed by atoms with E-state index < -0.39 is 0 Å². The van der Waals surface area contributed by atoms with Crippen LogP contribution >= 0.6 is 0 Å². The number of hydrogen-bond donors (Lipinski definition) is 3. The normalized spacial score (nSPS) is 20.9. The molecule has 7 heteroatoms. The summed E-state index contributed by atoms with van der Waals surface area (Å²) >= 11 is 0. The fraction of sp³-hybridized carbons (Fsp3) is 0.321. The second kappa shape index (κ2) is 10.3. The molecule has 180 valence electrons. The zero-order valence-electron chi connectivity index (χ0n) is 19.6. The molecule has 3 heterocycles. The molecule has 2 bridgehead atoms. The second-order valence-electron chi connectivity index (χ2n) is 9.36. The number of aromatic nitrogens is 1. The average Bonchev–Trinajstić information content (AvgIpc) is 3.17. The van der Waals surface area contributed by atoms with Crippen molar-refractivity contribution in [1.82, 2.24) is 15.6 Å². The molecule has 0 saturated carbocycles. The highest BCUT2D eigenvalue weighted by Gasteiger charge is 2.41. The molecule has 3 aromatic rings. The van der Waals surface area contributed by atoms with Gasteiger partial charge in [0.2, 0.25) is 0 Å². The van der Waals surface area contributed by atoms with Crippen LogP contribution in [0.25, 0.3) is 0 Å². The predicted molar refractivity (Wildman–Crippen MR) is 134 cm³/mol. The van der Waals surface area contributed by atoms with E-state index in [0.29, 0.717) is 29.8 Å². The Morgan fingerprint density at radius 3 is 2.17 bits per heavy atom. The van der Waals surface area contributed by atoms with Crippen molar-refractivity contribution in [2.45, 2.75) is 57.0 Å². The Bertz CT molecular complexity index is 1150. The quantitative estimate of drug-likeness (QED) is 0.492. The molecule has 2 amide bonds. The number of pyridine rings is 1. The number of amides is 2. The fourth-order valence-corrected chi connectivity index (χ4v) is 5.25. The smallest absolute Gasteiger partial charge is 0.253 e. The highest BCUT2D eigenvalue weighted by atomic mass is 16.3. The highest BCUT2D eigenvalue weighted by Crippen LogP contribution is 2.38. The van der Waals surface area contributed by atoms with Crippen LogP contribution in [0.3, 0.4) is 0 Å². The van der Waals surface area contributed by atoms with Gasteiger partial charge >= 0.3 is 0 Å². The molecule has 2 aliphatic rings. The number of aliphatic hydroxyl groups is 1. The average molecular weight is 471 g/mol. The lowest BCUT2D eigenvalue weighted by atomic mass is 9.96. The Balaban J connectivity index is 1.18. The van der Waals surface area contributed by atoms with Gasteiger partial charge in [-0.1, -0.05) is 42.5 Å². The lowest BCUT2D eigenvalue weighted by Crippen LogP contribution is -2.50. The van der Waals surface area contributed by atoms with E-state index in [1.807, 2.05) is 42.5 Å². The SMILES string of the molecule is O=C(NCc1ccccc1)c1ccc(N2[C@@H]3CC[C@H]2C[C@@H](NC(=O)c2ccc(CO)cc2)C3)nc1. The van der Waals surface area contributed by atoms with E-state index in [0.717, 1.165) is 42.6 Å². The minimum atomic E-state index is -0.135. The van der Waals surface area contributed by atoms with Gasteiger partial charge in [0.05, 0.1) is 12.2 Å². The first-order chi connectivity index (χ1) is 17.1. The number of rotatable bonds is 7. The van der Waals surface area contributed by atoms with Crippen LogP contribution in [-0.2, 0) is 13.2 Å². The minimum absolute atomic E-state index is 0.0307. The molecule has 2 aromatic carbocycles. The fourth-order valence-electron chi connectivity index (χ4n) is 5.25. The van der Waals surface area contributed by atoms with Crippen LogP contribution in [0.15, 0.2) is 72.9 Å². The minimum Gasteiger partial charge on any atom is -0.392 e. The Kier molecular flexibility index (Phi) is 6.77. The largest absolute Gasteiger partial charge is 0.392 e. The Morgan fingerprint density at radius 2 is 1.54 bits per heavy atom. The third-order valence-corrected chi connectivity index (χ3v) is 7.04. The molecule has 7 nitrogen and oxygen atoms in total. The Hall–Kier alpha value is -3.71. The van der Waals surface area contributed by atoms with Gasteiger partial charge in [-0.3, -0.25) is 9.59 Å². The van der Waals surface area contributed by atoms with Gasteiger partial charge in [0.1, 0.15) is 5.82 Å². The van der Waals surface area contributed by atoms with Crippen molar-refractivity contribution in [2.24, 2.45) is 0 Å². The van der Waals surface area contributed by atoms with Crippen molar-refractivity contribution >= 4 is 17.6 Å². The molecule has 2 saturated heterocycles. The van der Waals surface area contributed by atoms with Gasteiger partial charge in [0.15, 0.2) is 0 Å². The third-order valence-electron chi connectivity index (χ3n) is 7.04. The molecule has 5 rings (SSSR count). The molecule has 35 heavy (non-hydrogen) atoms. The number of nitrogens with zero attached hydrogens (tertiary/aromatic N) is 2. The van der Waals surface area contributed by atoms with E-state index in [1.165, 1.54) is 0 Å². The Morgan fingerprint density at radius 1 is 0.857 bits per heavy atom. The van der Waals surface area contributed by atoms with Gasteiger partial charge in [-0.15, -0.1) is 0 Å². The van der Waals surface area contributed by atoms with Crippen LogP contribution in [0.4, 0.5) is 5.82 Å². The molecule has 0 spiro atoms. The van der Waals surface area contributed by atoms with Gasteiger partial charge in [-0.2, -0.15) is 0 Å². The number of nitrogens with one attached hydrogen (secondary N) is 2. The number of benzene rings is 2. The number of aliphatic hydroxyl groups excluding tert-OH is 1. The maximum Gasteiger partial charge on any atom is 0.253 e. The summed E-state index contributed by atoms with van der Waals surface area (Å²) < 4.78 is 0. The zero-order chi connectivity index (χ0) is 24.2. The summed E-state index contributed by atoms with van der Waals surface area (Å²) in [4.78, 5) is 32.2. The molecule has 2 fully saturated rings. The molecule has 0 aliphatic carbocycles. The van der Waals surface area contributed by atoms with Crippen LogP contribution in [0.1, 0.15) is 57.5 Å². The lowest BCUT2D eigenvalue weighted by molar-refractivity contribution is 0.0924. The number of carbonyl (C=O) groups excluding carboxylic acids is 2. The van der Waals surface area contributed by atoms with Crippen LogP contribution in [0.2, 0.25) is 0 Å². The van der Waals surface area contributed by atoms with Crippen molar-refractivity contribution in [1.29, 1.82) is 0 Å². The van der Waals surface area contributed by atoms with E-state index in [4.69, 9.17) is 0 Å². The molecule has 0 unspecified atom stereocenters. The van der Waals surface area contributed by atoms with Gasteiger partial charge in [0.25, 0.3) is 11.8 Å². The lowest BCUT2D eigenvalue weighted by Gasteiger charge is -2.40.